The Labute approximate surface area is 168 Å². The highest BCUT2D eigenvalue weighted by molar-refractivity contribution is 5.85. The van der Waals surface area contributed by atoms with Crippen LogP contribution < -0.4 is 16.0 Å². The van der Waals surface area contributed by atoms with Crippen LogP contribution in [0.1, 0.15) is 31.7 Å². The summed E-state index contributed by atoms with van der Waals surface area (Å²) in [5, 5.41) is 8.90. The van der Waals surface area contributed by atoms with E-state index in [-0.39, 0.29) is 18.4 Å². The van der Waals surface area contributed by atoms with Crippen molar-refractivity contribution in [3.8, 4) is 0 Å². The number of hydrogen-bond acceptors (Lipinski definition) is 3. The summed E-state index contributed by atoms with van der Waals surface area (Å²) in [6.45, 7) is 5.21. The molecular formula is C21H33N5O2. The molecule has 1 aromatic carbocycles. The Morgan fingerprint density at radius 1 is 1.11 bits per heavy atom. The van der Waals surface area contributed by atoms with Crippen molar-refractivity contribution in [1.82, 2.24) is 20.9 Å². The second-order valence-electron chi connectivity index (χ2n) is 7.06. The fourth-order valence-electron chi connectivity index (χ4n) is 3.33. The molecule has 28 heavy (non-hydrogen) atoms. The number of nitrogens with zero attached hydrogens (tertiary/aromatic N) is 2. The molecule has 0 saturated carbocycles. The lowest BCUT2D eigenvalue weighted by Crippen LogP contribution is -2.46. The number of benzene rings is 1. The summed E-state index contributed by atoms with van der Waals surface area (Å²) in [6, 6.07) is 10.1. The van der Waals surface area contributed by atoms with Gasteiger partial charge in [0.2, 0.25) is 11.8 Å². The minimum atomic E-state index is -0.0687. The monoisotopic (exact) mass is 387 g/mol. The summed E-state index contributed by atoms with van der Waals surface area (Å²) in [5.74, 6) is 1.23. The highest BCUT2D eigenvalue weighted by atomic mass is 16.2. The van der Waals surface area contributed by atoms with Crippen molar-refractivity contribution in [1.29, 1.82) is 0 Å². The summed E-state index contributed by atoms with van der Waals surface area (Å²) in [7, 11) is 1.68. The van der Waals surface area contributed by atoms with Crippen molar-refractivity contribution in [2.75, 3.05) is 39.8 Å². The van der Waals surface area contributed by atoms with Gasteiger partial charge in [-0.15, -0.1) is 0 Å². The number of piperidine rings is 1. The van der Waals surface area contributed by atoms with Gasteiger partial charge in [-0.2, -0.15) is 0 Å². The number of likely N-dealkylation sites (tertiary alicyclic amines) is 1. The van der Waals surface area contributed by atoms with Crippen molar-refractivity contribution < 1.29 is 9.59 Å². The quantitative estimate of drug-likeness (QED) is 0.462. The first-order valence-corrected chi connectivity index (χ1v) is 10.2. The lowest BCUT2D eigenvalue weighted by atomic mass is 9.93. The molecule has 7 heteroatoms. The molecule has 0 atom stereocenters. The van der Waals surface area contributed by atoms with E-state index in [1.54, 1.807) is 7.05 Å². The maximum atomic E-state index is 12.1. The van der Waals surface area contributed by atoms with Crippen molar-refractivity contribution >= 4 is 17.8 Å². The van der Waals surface area contributed by atoms with E-state index < -0.39 is 0 Å². The molecule has 1 saturated heterocycles. The van der Waals surface area contributed by atoms with Gasteiger partial charge in [-0.25, -0.2) is 4.99 Å². The molecule has 0 radical (unpaired) electrons. The zero-order valence-electron chi connectivity index (χ0n) is 17.0. The minimum Gasteiger partial charge on any atom is -0.359 e. The van der Waals surface area contributed by atoms with Crippen LogP contribution in [-0.2, 0) is 16.0 Å². The zero-order valence-corrected chi connectivity index (χ0v) is 17.0. The van der Waals surface area contributed by atoms with Crippen molar-refractivity contribution in [2.24, 2.45) is 10.9 Å². The number of aliphatic imine (C=N–C) groups is 1. The lowest BCUT2D eigenvalue weighted by Gasteiger charge is -2.34. The lowest BCUT2D eigenvalue weighted by molar-refractivity contribution is -0.122. The third-order valence-electron chi connectivity index (χ3n) is 4.95. The zero-order chi connectivity index (χ0) is 20.2. The molecule has 1 fully saturated rings. The molecule has 1 aromatic rings. The predicted octanol–water partition coefficient (Wildman–Crippen LogP) is 1.16. The van der Waals surface area contributed by atoms with Gasteiger partial charge in [0.25, 0.3) is 0 Å². The Hall–Kier alpha value is -2.57. The first kappa shape index (κ1) is 21.7. The number of hydrogen-bond donors (Lipinski definition) is 3. The van der Waals surface area contributed by atoms with Crippen LogP contribution in [0.25, 0.3) is 0 Å². The molecule has 0 unspecified atom stereocenters. The maximum absolute atomic E-state index is 12.1. The Balaban J connectivity index is 1.76. The van der Waals surface area contributed by atoms with Crippen LogP contribution in [0.4, 0.5) is 0 Å². The largest absolute Gasteiger partial charge is 0.359 e. The van der Waals surface area contributed by atoms with Crippen LogP contribution in [0, 0.1) is 5.92 Å². The third kappa shape index (κ3) is 7.58. The van der Waals surface area contributed by atoms with Crippen LogP contribution in [0.5, 0.6) is 0 Å². The van der Waals surface area contributed by atoms with Crippen molar-refractivity contribution in [2.45, 2.75) is 32.6 Å². The summed E-state index contributed by atoms with van der Waals surface area (Å²) in [5.41, 5.74) is 1.21. The topological polar surface area (TPSA) is 85.8 Å². The Kier molecular flexibility index (Phi) is 9.31. The molecule has 1 heterocycles. The van der Waals surface area contributed by atoms with Gasteiger partial charge in [0.1, 0.15) is 6.54 Å². The minimum absolute atomic E-state index is 0.0687. The normalized spacial score (nSPS) is 15.2. The average Bonchev–Trinajstić information content (AvgIpc) is 2.72. The molecule has 1 aliphatic heterocycles. The van der Waals surface area contributed by atoms with Gasteiger partial charge in [0.15, 0.2) is 5.96 Å². The third-order valence-corrected chi connectivity index (χ3v) is 4.95. The van der Waals surface area contributed by atoms with Crippen molar-refractivity contribution in [3.05, 3.63) is 35.9 Å². The van der Waals surface area contributed by atoms with E-state index in [0.717, 1.165) is 44.9 Å². The van der Waals surface area contributed by atoms with Gasteiger partial charge in [-0.3, -0.25) is 9.59 Å². The van der Waals surface area contributed by atoms with E-state index in [0.29, 0.717) is 18.9 Å². The second kappa shape index (κ2) is 12.0. The molecule has 3 N–H and O–H groups in total. The number of rotatable bonds is 8. The van der Waals surface area contributed by atoms with Gasteiger partial charge >= 0.3 is 0 Å². The van der Waals surface area contributed by atoms with E-state index in [1.165, 1.54) is 5.56 Å². The Morgan fingerprint density at radius 3 is 2.46 bits per heavy atom. The van der Waals surface area contributed by atoms with Gasteiger partial charge in [-0.05, 0) is 37.7 Å². The highest BCUT2D eigenvalue weighted by Crippen LogP contribution is 2.20. The number of guanidine groups is 1. The van der Waals surface area contributed by atoms with Crippen LogP contribution in [-0.4, -0.2) is 62.4 Å². The van der Waals surface area contributed by atoms with Crippen LogP contribution in [0.3, 0.4) is 0 Å². The van der Waals surface area contributed by atoms with E-state index in [2.05, 4.69) is 38.0 Å². The number of carbonyl (C=O) groups is 2. The van der Waals surface area contributed by atoms with E-state index in [4.69, 9.17) is 0 Å². The Bertz CT molecular complexity index is 639. The summed E-state index contributed by atoms with van der Waals surface area (Å²) >= 11 is 0. The molecule has 2 amide bonds. The molecule has 1 aliphatic rings. The smallest absolute Gasteiger partial charge is 0.241 e. The van der Waals surface area contributed by atoms with Crippen LogP contribution >= 0.6 is 0 Å². The van der Waals surface area contributed by atoms with Gasteiger partial charge < -0.3 is 20.9 Å². The van der Waals surface area contributed by atoms with E-state index in [9.17, 15) is 9.59 Å². The fraction of sp³-hybridized carbons (Fsp3) is 0.571. The molecule has 0 aromatic heterocycles. The SMILES string of the molecule is CCNC(=NCC(=O)NCCc1ccccc1)N1CCC(CC(=O)NC)CC1. The van der Waals surface area contributed by atoms with Crippen LogP contribution in [0.2, 0.25) is 0 Å². The molecule has 154 valence electrons. The standard InChI is InChI=1S/C21H33N5O2/c1-3-23-21(26-13-10-18(11-14-26)15-19(27)22-2)25-16-20(28)24-12-9-17-7-5-4-6-8-17/h4-8,18H,3,9-16H2,1-2H3,(H,22,27)(H,23,25)(H,24,28). The first-order valence-electron chi connectivity index (χ1n) is 10.2. The average molecular weight is 388 g/mol. The van der Waals surface area contributed by atoms with Gasteiger partial charge in [0.05, 0.1) is 0 Å². The van der Waals surface area contributed by atoms with E-state index >= 15 is 0 Å². The van der Waals surface area contributed by atoms with Gasteiger partial charge in [0, 0.05) is 39.6 Å². The maximum Gasteiger partial charge on any atom is 0.241 e. The molecule has 0 bridgehead atoms. The molecular weight excluding hydrogens is 354 g/mol. The first-order chi connectivity index (χ1) is 13.6. The van der Waals surface area contributed by atoms with Crippen LogP contribution in [0.15, 0.2) is 35.3 Å². The fourth-order valence-corrected chi connectivity index (χ4v) is 3.33. The summed E-state index contributed by atoms with van der Waals surface area (Å²) < 4.78 is 0. The van der Waals surface area contributed by atoms with Crippen molar-refractivity contribution in [3.63, 3.8) is 0 Å². The van der Waals surface area contributed by atoms with E-state index in [1.807, 2.05) is 25.1 Å². The number of amides is 2. The molecule has 0 aliphatic carbocycles. The molecule has 2 rings (SSSR count). The second-order valence-corrected chi connectivity index (χ2v) is 7.06. The summed E-state index contributed by atoms with van der Waals surface area (Å²) in [4.78, 5) is 30.4. The number of nitrogens with one attached hydrogen (secondary N) is 3. The Morgan fingerprint density at radius 2 is 1.82 bits per heavy atom. The molecule has 0 spiro atoms. The molecule has 7 nitrogen and oxygen atoms in total. The van der Waals surface area contributed by atoms with Gasteiger partial charge in [-0.1, -0.05) is 30.3 Å². The number of carbonyl (C=O) groups excluding carboxylic acids is 2. The predicted molar refractivity (Wildman–Crippen MR) is 112 cm³/mol. The highest BCUT2D eigenvalue weighted by Gasteiger charge is 2.23. The summed E-state index contributed by atoms with van der Waals surface area (Å²) in [6.07, 6.45) is 3.32.